The SMILES string of the molecule is COCc1nc(CCOc2cccc(C)c2)sc1C#N. The minimum Gasteiger partial charge on any atom is -0.493 e. The van der Waals surface area contributed by atoms with Gasteiger partial charge < -0.3 is 9.47 Å². The van der Waals surface area contributed by atoms with Crippen LogP contribution in [-0.4, -0.2) is 18.7 Å². The predicted octanol–water partition coefficient (Wildman–Crippen LogP) is 3.09. The molecule has 0 aliphatic rings. The number of nitriles is 1. The Balaban J connectivity index is 1.93. The Morgan fingerprint density at radius 3 is 2.95 bits per heavy atom. The van der Waals surface area contributed by atoms with E-state index in [1.165, 1.54) is 16.9 Å². The molecule has 2 rings (SSSR count). The summed E-state index contributed by atoms with van der Waals surface area (Å²) in [5.41, 5.74) is 1.89. The van der Waals surface area contributed by atoms with Crippen molar-refractivity contribution in [1.29, 1.82) is 5.26 Å². The lowest BCUT2D eigenvalue weighted by Gasteiger charge is -2.05. The molecule has 0 aliphatic heterocycles. The number of hydrogen-bond acceptors (Lipinski definition) is 5. The zero-order chi connectivity index (χ0) is 14.4. The summed E-state index contributed by atoms with van der Waals surface area (Å²) in [4.78, 5) is 5.03. The first-order valence-electron chi connectivity index (χ1n) is 6.30. The molecule has 5 heteroatoms. The summed E-state index contributed by atoms with van der Waals surface area (Å²) >= 11 is 1.41. The van der Waals surface area contributed by atoms with Crippen LogP contribution in [0.15, 0.2) is 24.3 Å². The number of aryl methyl sites for hydroxylation is 1. The Hall–Kier alpha value is -1.90. The molecule has 0 saturated heterocycles. The molecule has 1 heterocycles. The van der Waals surface area contributed by atoms with Crippen molar-refractivity contribution in [2.75, 3.05) is 13.7 Å². The Morgan fingerprint density at radius 1 is 1.40 bits per heavy atom. The molecule has 104 valence electrons. The van der Waals surface area contributed by atoms with Gasteiger partial charge in [0.15, 0.2) is 0 Å². The fraction of sp³-hybridized carbons (Fsp3) is 0.333. The summed E-state index contributed by atoms with van der Waals surface area (Å²) in [6.07, 6.45) is 0.691. The highest BCUT2D eigenvalue weighted by Gasteiger charge is 2.10. The first-order valence-corrected chi connectivity index (χ1v) is 7.11. The van der Waals surface area contributed by atoms with Crippen LogP contribution in [0.1, 0.15) is 21.1 Å². The van der Waals surface area contributed by atoms with Crippen molar-refractivity contribution < 1.29 is 9.47 Å². The van der Waals surface area contributed by atoms with Crippen LogP contribution < -0.4 is 4.74 Å². The van der Waals surface area contributed by atoms with Gasteiger partial charge in [0.1, 0.15) is 16.7 Å². The molecular formula is C15H16N2O2S. The molecule has 0 spiro atoms. The number of rotatable bonds is 6. The van der Waals surface area contributed by atoms with E-state index >= 15 is 0 Å². The van der Waals surface area contributed by atoms with Gasteiger partial charge in [-0.3, -0.25) is 0 Å². The van der Waals surface area contributed by atoms with Crippen molar-refractivity contribution in [2.24, 2.45) is 0 Å². The summed E-state index contributed by atoms with van der Waals surface area (Å²) in [7, 11) is 1.60. The fourth-order valence-electron chi connectivity index (χ4n) is 1.79. The molecule has 4 nitrogen and oxygen atoms in total. The highest BCUT2D eigenvalue weighted by atomic mass is 32.1. The minimum atomic E-state index is 0.373. The van der Waals surface area contributed by atoms with Crippen LogP contribution >= 0.6 is 11.3 Å². The molecule has 1 aromatic heterocycles. The zero-order valence-electron chi connectivity index (χ0n) is 11.5. The summed E-state index contributed by atoms with van der Waals surface area (Å²) < 4.78 is 10.7. The standard InChI is InChI=1S/C15H16N2O2S/c1-11-4-3-5-12(8-11)19-7-6-15-17-13(10-18-2)14(9-16)20-15/h3-5,8H,6-7,10H2,1-2H3. The van der Waals surface area contributed by atoms with Gasteiger partial charge in [0, 0.05) is 13.5 Å². The molecule has 0 bridgehead atoms. The van der Waals surface area contributed by atoms with E-state index in [9.17, 15) is 0 Å². The lowest BCUT2D eigenvalue weighted by atomic mass is 10.2. The van der Waals surface area contributed by atoms with Gasteiger partial charge in [0.2, 0.25) is 0 Å². The molecule has 0 fully saturated rings. The van der Waals surface area contributed by atoms with Gasteiger partial charge in [-0.15, -0.1) is 11.3 Å². The second-order valence-corrected chi connectivity index (χ2v) is 5.43. The first kappa shape index (κ1) is 14.5. The molecule has 0 saturated carbocycles. The van der Waals surface area contributed by atoms with Crippen LogP contribution in [0.3, 0.4) is 0 Å². The second-order valence-electron chi connectivity index (χ2n) is 4.34. The summed E-state index contributed by atoms with van der Waals surface area (Å²) in [5.74, 6) is 0.860. The van der Waals surface area contributed by atoms with Crippen molar-refractivity contribution in [3.05, 3.63) is 45.4 Å². The molecule has 0 amide bonds. The fourth-order valence-corrected chi connectivity index (χ4v) is 2.64. The predicted molar refractivity (Wildman–Crippen MR) is 77.9 cm³/mol. The van der Waals surface area contributed by atoms with Crippen LogP contribution in [0.2, 0.25) is 0 Å². The van der Waals surface area contributed by atoms with Crippen LogP contribution in [0.5, 0.6) is 5.75 Å². The van der Waals surface area contributed by atoms with E-state index in [-0.39, 0.29) is 0 Å². The van der Waals surface area contributed by atoms with Gasteiger partial charge in [-0.1, -0.05) is 12.1 Å². The monoisotopic (exact) mass is 288 g/mol. The van der Waals surface area contributed by atoms with Crippen molar-refractivity contribution in [1.82, 2.24) is 4.98 Å². The first-order chi connectivity index (χ1) is 9.72. The Morgan fingerprint density at radius 2 is 2.25 bits per heavy atom. The molecule has 2 aromatic rings. The average molecular weight is 288 g/mol. The zero-order valence-corrected chi connectivity index (χ0v) is 12.4. The minimum absolute atomic E-state index is 0.373. The van der Waals surface area contributed by atoms with E-state index in [1.807, 2.05) is 31.2 Å². The maximum Gasteiger partial charge on any atom is 0.130 e. The maximum absolute atomic E-state index is 9.03. The van der Waals surface area contributed by atoms with E-state index in [2.05, 4.69) is 11.1 Å². The lowest BCUT2D eigenvalue weighted by Crippen LogP contribution is -2.01. The number of benzene rings is 1. The lowest BCUT2D eigenvalue weighted by molar-refractivity contribution is 0.181. The maximum atomic E-state index is 9.03. The third kappa shape index (κ3) is 3.80. The van der Waals surface area contributed by atoms with E-state index in [0.717, 1.165) is 10.8 Å². The molecule has 0 N–H and O–H groups in total. The topological polar surface area (TPSA) is 55.1 Å². The molecular weight excluding hydrogens is 272 g/mol. The van der Waals surface area contributed by atoms with Crippen molar-refractivity contribution >= 4 is 11.3 Å². The number of hydrogen-bond donors (Lipinski definition) is 0. The summed E-state index contributed by atoms with van der Waals surface area (Å²) in [6, 6.07) is 10.1. The smallest absolute Gasteiger partial charge is 0.130 e. The Labute approximate surface area is 122 Å². The third-order valence-electron chi connectivity index (χ3n) is 2.70. The summed E-state index contributed by atoms with van der Waals surface area (Å²) in [5, 5.41) is 9.93. The Bertz CT molecular complexity index is 617. The van der Waals surface area contributed by atoms with Gasteiger partial charge in [-0.25, -0.2) is 4.98 Å². The molecule has 20 heavy (non-hydrogen) atoms. The van der Waals surface area contributed by atoms with Gasteiger partial charge in [-0.05, 0) is 24.6 Å². The number of thiazole rings is 1. The summed E-state index contributed by atoms with van der Waals surface area (Å²) in [6.45, 7) is 2.95. The van der Waals surface area contributed by atoms with Crippen molar-refractivity contribution in [2.45, 2.75) is 20.0 Å². The average Bonchev–Trinajstić information content (AvgIpc) is 2.82. The molecule has 0 radical (unpaired) electrons. The number of aromatic nitrogens is 1. The van der Waals surface area contributed by atoms with E-state index < -0.39 is 0 Å². The highest BCUT2D eigenvalue weighted by Crippen LogP contribution is 2.19. The van der Waals surface area contributed by atoms with Crippen LogP contribution in [0.4, 0.5) is 0 Å². The number of nitrogens with zero attached hydrogens (tertiary/aromatic N) is 2. The van der Waals surface area contributed by atoms with Gasteiger partial charge >= 0.3 is 0 Å². The quantitative estimate of drug-likeness (QED) is 0.819. The normalized spacial score (nSPS) is 10.2. The van der Waals surface area contributed by atoms with Crippen LogP contribution in [-0.2, 0) is 17.8 Å². The molecule has 0 aliphatic carbocycles. The van der Waals surface area contributed by atoms with Crippen LogP contribution in [0.25, 0.3) is 0 Å². The van der Waals surface area contributed by atoms with Gasteiger partial charge in [0.25, 0.3) is 0 Å². The van der Waals surface area contributed by atoms with Crippen LogP contribution in [0, 0.1) is 18.3 Å². The molecule has 0 atom stereocenters. The second kappa shape index (κ2) is 7.04. The Kier molecular flexibility index (Phi) is 5.10. The van der Waals surface area contributed by atoms with E-state index in [1.54, 1.807) is 7.11 Å². The van der Waals surface area contributed by atoms with Crippen molar-refractivity contribution in [3.8, 4) is 11.8 Å². The van der Waals surface area contributed by atoms with Gasteiger partial charge in [0.05, 0.1) is 23.9 Å². The molecule has 0 unspecified atom stereocenters. The highest BCUT2D eigenvalue weighted by molar-refractivity contribution is 7.12. The molecule has 1 aromatic carbocycles. The number of ether oxygens (including phenoxy) is 2. The van der Waals surface area contributed by atoms with E-state index in [0.29, 0.717) is 30.2 Å². The largest absolute Gasteiger partial charge is 0.493 e. The van der Waals surface area contributed by atoms with E-state index in [4.69, 9.17) is 14.7 Å². The van der Waals surface area contributed by atoms with Gasteiger partial charge in [-0.2, -0.15) is 5.26 Å². The third-order valence-corrected chi connectivity index (χ3v) is 3.76. The van der Waals surface area contributed by atoms with Crippen molar-refractivity contribution in [3.63, 3.8) is 0 Å². The number of methoxy groups -OCH3 is 1.